The van der Waals surface area contributed by atoms with Gasteiger partial charge in [-0.1, -0.05) is 117 Å². The normalized spacial score (nSPS) is 17.6. The third-order valence-corrected chi connectivity index (χ3v) is 6.65. The third-order valence-electron chi connectivity index (χ3n) is 6.65. The Balaban J connectivity index is 1.40. The summed E-state index contributed by atoms with van der Waals surface area (Å²) in [5.74, 6) is 0.244. The van der Waals surface area contributed by atoms with Crippen LogP contribution in [0.5, 0.6) is 0 Å². The molecule has 0 heterocycles. The second-order valence-corrected chi connectivity index (χ2v) is 9.52. The van der Waals surface area contributed by atoms with Gasteiger partial charge in [0.05, 0.1) is 0 Å². The Morgan fingerprint density at radius 2 is 1.53 bits per heavy atom. The van der Waals surface area contributed by atoms with Crippen molar-refractivity contribution in [3.63, 3.8) is 0 Å². The van der Waals surface area contributed by atoms with Gasteiger partial charge in [0.1, 0.15) is 0 Å². The lowest BCUT2D eigenvalue weighted by molar-refractivity contribution is -0.147. The van der Waals surface area contributed by atoms with E-state index in [2.05, 4.69) is 31.2 Å². The van der Waals surface area contributed by atoms with Crippen LogP contribution in [-0.4, -0.2) is 11.8 Å². The summed E-state index contributed by atoms with van der Waals surface area (Å²) in [6, 6.07) is 19.7. The fraction of sp³-hybridized carbons (Fsp3) is 0.394. The van der Waals surface area contributed by atoms with Gasteiger partial charge in [0, 0.05) is 12.3 Å². The molecule has 36 heavy (non-hydrogen) atoms. The van der Waals surface area contributed by atoms with Gasteiger partial charge in [-0.25, -0.2) is 0 Å². The number of esters is 1. The highest BCUT2D eigenvalue weighted by Gasteiger charge is 2.26. The first kappa shape index (κ1) is 27.4. The van der Waals surface area contributed by atoms with Crippen LogP contribution < -0.4 is 0 Å². The molecule has 0 saturated heterocycles. The Labute approximate surface area is 217 Å². The van der Waals surface area contributed by atoms with E-state index in [4.69, 9.17) is 4.74 Å². The lowest BCUT2D eigenvalue weighted by atomic mass is 9.91. The Morgan fingerprint density at radius 3 is 2.19 bits per heavy atom. The largest absolute Gasteiger partial charge is 0.453 e. The first-order chi connectivity index (χ1) is 17.7. The summed E-state index contributed by atoms with van der Waals surface area (Å²) < 4.78 is 5.89. The van der Waals surface area contributed by atoms with Gasteiger partial charge in [0.2, 0.25) is 0 Å². The number of ether oxygens (including phenoxy) is 1. The first-order valence-corrected chi connectivity index (χ1v) is 13.5. The van der Waals surface area contributed by atoms with Crippen LogP contribution in [-0.2, 0) is 14.3 Å². The van der Waals surface area contributed by atoms with Gasteiger partial charge in [-0.15, -0.1) is 0 Å². The minimum absolute atomic E-state index is 0.0243. The molecule has 0 bridgehead atoms. The Kier molecular flexibility index (Phi) is 12.0. The van der Waals surface area contributed by atoms with E-state index in [0.29, 0.717) is 6.42 Å². The maximum atomic E-state index is 12.6. The van der Waals surface area contributed by atoms with E-state index in [-0.39, 0.29) is 23.6 Å². The number of allylic oxidation sites excluding steroid dienone is 6. The fourth-order valence-corrected chi connectivity index (χ4v) is 4.56. The van der Waals surface area contributed by atoms with Gasteiger partial charge < -0.3 is 4.74 Å². The summed E-state index contributed by atoms with van der Waals surface area (Å²) in [6.07, 6.45) is 20.8. The highest BCUT2D eigenvalue weighted by molar-refractivity contribution is 5.95. The molecular weight excluding hydrogens is 444 g/mol. The minimum atomic E-state index is -0.390. The van der Waals surface area contributed by atoms with Crippen LogP contribution >= 0.6 is 0 Å². The summed E-state index contributed by atoms with van der Waals surface area (Å²) >= 11 is 0. The molecule has 0 amide bonds. The molecule has 1 aliphatic rings. The molecule has 3 heteroatoms. The summed E-state index contributed by atoms with van der Waals surface area (Å²) in [7, 11) is 0. The number of hydrogen-bond acceptors (Lipinski definition) is 3. The van der Waals surface area contributed by atoms with Crippen molar-refractivity contribution >= 4 is 11.8 Å². The zero-order chi connectivity index (χ0) is 25.4. The topological polar surface area (TPSA) is 43.4 Å². The molecule has 0 saturated carbocycles. The van der Waals surface area contributed by atoms with Gasteiger partial charge in [0.15, 0.2) is 11.9 Å². The zero-order valence-corrected chi connectivity index (χ0v) is 21.6. The van der Waals surface area contributed by atoms with Gasteiger partial charge in [-0.2, -0.15) is 0 Å². The molecule has 2 aromatic rings. The van der Waals surface area contributed by atoms with Gasteiger partial charge in [0.25, 0.3) is 0 Å². The number of benzene rings is 2. The van der Waals surface area contributed by atoms with Crippen LogP contribution in [0.1, 0.15) is 81.9 Å². The molecule has 2 atom stereocenters. The van der Waals surface area contributed by atoms with Crippen molar-refractivity contribution in [1.82, 2.24) is 0 Å². The van der Waals surface area contributed by atoms with Crippen molar-refractivity contribution in [2.45, 2.75) is 70.8 Å². The summed E-state index contributed by atoms with van der Waals surface area (Å²) in [5, 5.41) is 0. The predicted octanol–water partition coefficient (Wildman–Crippen LogP) is 8.33. The number of carbonyl (C=O) groups is 2. The molecule has 190 valence electrons. The zero-order valence-electron chi connectivity index (χ0n) is 21.6. The SMILES string of the molecule is CCCCCCC=C[C@H]1C(=O)C=C[C@@H]1CC=CCCCC(=O)OC(c1ccccc1)c1ccccc1. The van der Waals surface area contributed by atoms with E-state index in [1.54, 1.807) is 6.08 Å². The number of unbranched alkanes of at least 4 members (excludes halogenated alkanes) is 5. The molecule has 2 aromatic carbocycles. The highest BCUT2D eigenvalue weighted by atomic mass is 16.5. The highest BCUT2D eigenvalue weighted by Crippen LogP contribution is 2.28. The van der Waals surface area contributed by atoms with Crippen LogP contribution in [0.3, 0.4) is 0 Å². The lowest BCUT2D eigenvalue weighted by Gasteiger charge is -2.19. The van der Waals surface area contributed by atoms with E-state index in [0.717, 1.165) is 36.8 Å². The molecule has 3 rings (SSSR count). The smallest absolute Gasteiger partial charge is 0.306 e. The molecule has 3 nitrogen and oxygen atoms in total. The molecule has 0 spiro atoms. The van der Waals surface area contributed by atoms with Gasteiger partial charge in [-0.3, -0.25) is 9.59 Å². The van der Waals surface area contributed by atoms with Crippen molar-refractivity contribution in [2.75, 3.05) is 0 Å². The number of rotatable bonds is 15. The summed E-state index contributed by atoms with van der Waals surface area (Å²) in [4.78, 5) is 24.8. The van der Waals surface area contributed by atoms with E-state index in [9.17, 15) is 9.59 Å². The number of ketones is 1. The third kappa shape index (κ3) is 9.11. The average molecular weight is 485 g/mol. The molecule has 0 fully saturated rings. The Bertz CT molecular complexity index is 964. The van der Waals surface area contributed by atoms with Crippen molar-refractivity contribution < 1.29 is 14.3 Å². The van der Waals surface area contributed by atoms with Crippen LogP contribution in [0.4, 0.5) is 0 Å². The van der Waals surface area contributed by atoms with E-state index in [1.807, 2.05) is 66.7 Å². The maximum absolute atomic E-state index is 12.6. The lowest BCUT2D eigenvalue weighted by Crippen LogP contribution is -2.12. The van der Waals surface area contributed by atoms with Crippen LogP contribution in [0.2, 0.25) is 0 Å². The Morgan fingerprint density at radius 1 is 0.861 bits per heavy atom. The minimum Gasteiger partial charge on any atom is -0.453 e. The monoisotopic (exact) mass is 484 g/mol. The molecule has 0 N–H and O–H groups in total. The van der Waals surface area contributed by atoms with E-state index >= 15 is 0 Å². The van der Waals surface area contributed by atoms with Crippen molar-refractivity contribution in [2.24, 2.45) is 11.8 Å². The molecule has 0 aliphatic heterocycles. The molecule has 0 radical (unpaired) electrons. The maximum Gasteiger partial charge on any atom is 0.306 e. The summed E-state index contributed by atoms with van der Waals surface area (Å²) in [6.45, 7) is 2.22. The molecule has 1 aliphatic carbocycles. The second kappa shape index (κ2) is 15.7. The fourth-order valence-electron chi connectivity index (χ4n) is 4.56. The molecule has 0 unspecified atom stereocenters. The quantitative estimate of drug-likeness (QED) is 0.145. The van der Waals surface area contributed by atoms with E-state index < -0.39 is 6.10 Å². The number of carbonyl (C=O) groups excluding carboxylic acids is 2. The number of hydrogen-bond donors (Lipinski definition) is 0. The second-order valence-electron chi connectivity index (χ2n) is 9.52. The van der Waals surface area contributed by atoms with Crippen LogP contribution in [0.15, 0.2) is 97.1 Å². The average Bonchev–Trinajstić information content (AvgIpc) is 3.26. The van der Waals surface area contributed by atoms with Crippen molar-refractivity contribution in [3.05, 3.63) is 108 Å². The van der Waals surface area contributed by atoms with Crippen molar-refractivity contribution in [1.29, 1.82) is 0 Å². The predicted molar refractivity (Wildman–Crippen MR) is 147 cm³/mol. The van der Waals surface area contributed by atoms with Crippen LogP contribution in [0, 0.1) is 11.8 Å². The van der Waals surface area contributed by atoms with E-state index in [1.165, 1.54) is 25.7 Å². The van der Waals surface area contributed by atoms with Crippen molar-refractivity contribution in [3.8, 4) is 0 Å². The van der Waals surface area contributed by atoms with Gasteiger partial charge >= 0.3 is 5.97 Å². The van der Waals surface area contributed by atoms with Gasteiger partial charge in [-0.05, 0) is 55.2 Å². The first-order valence-electron chi connectivity index (χ1n) is 13.5. The summed E-state index contributed by atoms with van der Waals surface area (Å²) in [5.41, 5.74) is 1.95. The van der Waals surface area contributed by atoms with Crippen LogP contribution in [0.25, 0.3) is 0 Å². The molecule has 0 aromatic heterocycles. The standard InChI is InChI=1S/C33H40O3/c1-2-3-4-5-6-16-23-30-27(25-26-31(30)34)18-11-7-8-17-24-32(35)36-33(28-19-12-9-13-20-28)29-21-14-10-15-22-29/h7,9-16,19-23,25-27,30,33H,2-6,8,17-18,24H2,1H3/t27-,30+/m0/s1. The molecular formula is C33H40O3. The Hall–Kier alpha value is -3.20.